The van der Waals surface area contributed by atoms with Gasteiger partial charge in [-0.1, -0.05) is 15.9 Å². The Balaban J connectivity index is 1.86. The maximum Gasteiger partial charge on any atom is 0.275 e. The fourth-order valence-electron chi connectivity index (χ4n) is 1.80. The molecule has 0 unspecified atom stereocenters. The molecule has 100 valence electrons. The molecule has 0 aliphatic rings. The van der Waals surface area contributed by atoms with Crippen molar-refractivity contribution in [1.29, 1.82) is 0 Å². The molecule has 0 bridgehead atoms. The van der Waals surface area contributed by atoms with E-state index in [1.54, 1.807) is 12.1 Å². The Morgan fingerprint density at radius 1 is 1.15 bits per heavy atom. The minimum Gasteiger partial charge on any atom is -0.321 e. The number of nitrogens with one attached hydrogen (secondary N) is 1. The van der Waals surface area contributed by atoms with Gasteiger partial charge in [0.25, 0.3) is 5.91 Å². The molecule has 0 spiro atoms. The van der Waals surface area contributed by atoms with Gasteiger partial charge in [0.15, 0.2) is 0 Å². The molecule has 4 nitrogen and oxygen atoms in total. The highest BCUT2D eigenvalue weighted by Crippen LogP contribution is 2.15. The van der Waals surface area contributed by atoms with Gasteiger partial charge in [-0.15, -0.1) is 0 Å². The average Bonchev–Trinajstić information content (AvgIpc) is 2.84. The number of amides is 1. The van der Waals surface area contributed by atoms with E-state index in [4.69, 9.17) is 0 Å². The molecular weight excluding hydrogens is 325 g/mol. The molecule has 0 fully saturated rings. The lowest BCUT2D eigenvalue weighted by Crippen LogP contribution is -2.12. The van der Waals surface area contributed by atoms with E-state index < -0.39 is 0 Å². The molecule has 0 aliphatic carbocycles. The smallest absolute Gasteiger partial charge is 0.275 e. The number of fused-ring (bicyclic) bond motifs is 1. The highest BCUT2D eigenvalue weighted by molar-refractivity contribution is 9.10. The Hall–Kier alpha value is -2.21. The quantitative estimate of drug-likeness (QED) is 0.780. The molecule has 20 heavy (non-hydrogen) atoms. The van der Waals surface area contributed by atoms with E-state index in [0.29, 0.717) is 11.3 Å². The Bertz CT molecular complexity index is 783. The predicted molar refractivity (Wildman–Crippen MR) is 77.2 cm³/mol. The summed E-state index contributed by atoms with van der Waals surface area (Å²) in [6.07, 6.45) is 2.77. The first-order chi connectivity index (χ1) is 9.61. The number of halogens is 2. The van der Waals surface area contributed by atoms with Crippen LogP contribution in [0.15, 0.2) is 53.3 Å². The Kier molecular flexibility index (Phi) is 3.23. The van der Waals surface area contributed by atoms with E-state index >= 15 is 0 Å². The van der Waals surface area contributed by atoms with Crippen LogP contribution in [0.3, 0.4) is 0 Å². The Morgan fingerprint density at radius 2 is 1.90 bits per heavy atom. The number of nitrogens with zero attached hydrogens (tertiary/aromatic N) is 2. The van der Waals surface area contributed by atoms with Crippen molar-refractivity contribution < 1.29 is 9.18 Å². The first-order valence-corrected chi connectivity index (χ1v) is 6.62. The van der Waals surface area contributed by atoms with Gasteiger partial charge < -0.3 is 9.72 Å². The van der Waals surface area contributed by atoms with E-state index in [0.717, 1.165) is 4.47 Å². The maximum absolute atomic E-state index is 13.1. The first-order valence-electron chi connectivity index (χ1n) is 5.83. The van der Waals surface area contributed by atoms with Crippen LogP contribution in [0.25, 0.3) is 5.65 Å². The molecule has 0 saturated heterocycles. The monoisotopic (exact) mass is 333 g/mol. The zero-order valence-electron chi connectivity index (χ0n) is 10.2. The fourth-order valence-corrected chi connectivity index (χ4v) is 2.07. The molecule has 2 heterocycles. The van der Waals surface area contributed by atoms with Crippen LogP contribution in [-0.4, -0.2) is 15.3 Å². The third kappa shape index (κ3) is 2.55. The highest BCUT2D eigenvalue weighted by atomic mass is 79.9. The van der Waals surface area contributed by atoms with Crippen LogP contribution in [0.2, 0.25) is 0 Å². The molecule has 0 aliphatic heterocycles. The molecule has 1 N–H and O–H groups in total. The molecule has 6 heteroatoms. The molecule has 3 aromatic rings. The summed E-state index contributed by atoms with van der Waals surface area (Å²) in [6.45, 7) is 0. The van der Waals surface area contributed by atoms with Crippen molar-refractivity contribution in [3.8, 4) is 0 Å². The summed E-state index contributed by atoms with van der Waals surface area (Å²) in [5.74, 6) is -0.716. The minimum absolute atomic E-state index is 0.235. The van der Waals surface area contributed by atoms with E-state index in [1.807, 2.05) is 12.1 Å². The predicted octanol–water partition coefficient (Wildman–Crippen LogP) is 3.49. The van der Waals surface area contributed by atoms with Gasteiger partial charge in [-0.2, -0.15) is 0 Å². The lowest BCUT2D eigenvalue weighted by atomic mass is 10.3. The van der Waals surface area contributed by atoms with E-state index in [9.17, 15) is 9.18 Å². The van der Waals surface area contributed by atoms with Crippen LogP contribution in [0.4, 0.5) is 10.1 Å². The Labute approximate surface area is 122 Å². The summed E-state index contributed by atoms with van der Waals surface area (Å²) >= 11 is 3.32. The van der Waals surface area contributed by atoms with Crippen molar-refractivity contribution in [3.05, 3.63) is 64.8 Å². The van der Waals surface area contributed by atoms with Gasteiger partial charge >= 0.3 is 0 Å². The highest BCUT2D eigenvalue weighted by Gasteiger charge is 2.11. The Morgan fingerprint density at radius 3 is 2.65 bits per heavy atom. The second-order valence-corrected chi connectivity index (χ2v) is 5.12. The first kappa shape index (κ1) is 12.8. The number of carbonyl (C=O) groups excluding carboxylic acids is 1. The summed E-state index contributed by atoms with van der Waals surface area (Å²) < 4.78 is 15.5. The SMILES string of the molecule is O=C(Nc1ccc(Br)cc1)c1cn2cc(F)ccc2n1. The van der Waals surface area contributed by atoms with Gasteiger partial charge in [-0.3, -0.25) is 4.79 Å². The molecule has 3 rings (SSSR count). The number of aromatic nitrogens is 2. The van der Waals surface area contributed by atoms with Gasteiger partial charge in [0.1, 0.15) is 17.2 Å². The number of pyridine rings is 1. The summed E-state index contributed by atoms with van der Waals surface area (Å²) in [5.41, 5.74) is 1.42. The number of rotatable bonds is 2. The fraction of sp³-hybridized carbons (Fsp3) is 0. The van der Waals surface area contributed by atoms with Crippen LogP contribution >= 0.6 is 15.9 Å². The van der Waals surface area contributed by atoms with Crippen LogP contribution < -0.4 is 5.32 Å². The van der Waals surface area contributed by atoms with Crippen molar-refractivity contribution in [3.63, 3.8) is 0 Å². The zero-order valence-corrected chi connectivity index (χ0v) is 11.8. The number of carbonyl (C=O) groups is 1. The molecule has 1 aromatic carbocycles. The maximum atomic E-state index is 13.1. The number of hydrogen-bond acceptors (Lipinski definition) is 2. The third-order valence-electron chi connectivity index (χ3n) is 2.75. The third-order valence-corrected chi connectivity index (χ3v) is 3.28. The van der Waals surface area contributed by atoms with E-state index in [-0.39, 0.29) is 17.4 Å². The molecular formula is C14H9BrFN3O. The standard InChI is InChI=1S/C14H9BrFN3O/c15-9-1-4-11(5-2-9)17-14(20)12-8-19-7-10(16)3-6-13(19)18-12/h1-8H,(H,17,20). The van der Waals surface area contributed by atoms with Crippen molar-refractivity contribution in [2.24, 2.45) is 0 Å². The molecule has 0 radical (unpaired) electrons. The van der Waals surface area contributed by atoms with E-state index in [1.165, 1.54) is 28.9 Å². The van der Waals surface area contributed by atoms with Crippen molar-refractivity contribution in [2.45, 2.75) is 0 Å². The second kappa shape index (κ2) is 5.05. The van der Waals surface area contributed by atoms with Gasteiger partial charge in [0, 0.05) is 22.6 Å². The van der Waals surface area contributed by atoms with Crippen LogP contribution in [0.1, 0.15) is 10.5 Å². The normalized spacial score (nSPS) is 10.7. The van der Waals surface area contributed by atoms with Gasteiger partial charge in [0.2, 0.25) is 0 Å². The largest absolute Gasteiger partial charge is 0.321 e. The lowest BCUT2D eigenvalue weighted by Gasteiger charge is -2.02. The summed E-state index contributed by atoms with van der Waals surface area (Å²) in [7, 11) is 0. The summed E-state index contributed by atoms with van der Waals surface area (Å²) in [4.78, 5) is 16.2. The number of benzene rings is 1. The summed E-state index contributed by atoms with van der Waals surface area (Å²) in [5, 5.41) is 2.73. The van der Waals surface area contributed by atoms with Crippen molar-refractivity contribution in [2.75, 3.05) is 5.32 Å². The van der Waals surface area contributed by atoms with Crippen LogP contribution in [-0.2, 0) is 0 Å². The van der Waals surface area contributed by atoms with E-state index in [2.05, 4.69) is 26.2 Å². The average molecular weight is 334 g/mol. The van der Waals surface area contributed by atoms with Gasteiger partial charge in [0.05, 0.1) is 0 Å². The second-order valence-electron chi connectivity index (χ2n) is 4.20. The molecule has 1 amide bonds. The molecule has 2 aromatic heterocycles. The van der Waals surface area contributed by atoms with Crippen LogP contribution in [0, 0.1) is 5.82 Å². The van der Waals surface area contributed by atoms with Crippen LogP contribution in [0.5, 0.6) is 0 Å². The zero-order chi connectivity index (χ0) is 14.1. The van der Waals surface area contributed by atoms with Gasteiger partial charge in [-0.25, -0.2) is 9.37 Å². The lowest BCUT2D eigenvalue weighted by molar-refractivity contribution is 0.102. The molecule has 0 saturated carbocycles. The topological polar surface area (TPSA) is 46.4 Å². The number of imidazole rings is 1. The number of hydrogen-bond donors (Lipinski definition) is 1. The van der Waals surface area contributed by atoms with Crippen molar-refractivity contribution >= 4 is 33.2 Å². The minimum atomic E-state index is -0.380. The summed E-state index contributed by atoms with van der Waals surface area (Å²) in [6, 6.07) is 10.0. The van der Waals surface area contributed by atoms with Crippen molar-refractivity contribution in [1.82, 2.24) is 9.38 Å². The molecule has 0 atom stereocenters. The number of anilines is 1. The van der Waals surface area contributed by atoms with Gasteiger partial charge in [-0.05, 0) is 36.4 Å².